The number of nitrogens with zero attached hydrogens (tertiary/aromatic N) is 3. The van der Waals surface area contributed by atoms with Gasteiger partial charge in [-0.15, -0.1) is 10.2 Å². The van der Waals surface area contributed by atoms with E-state index in [0.29, 0.717) is 46.9 Å². The Morgan fingerprint density at radius 2 is 1.82 bits per heavy atom. The third-order valence-corrected chi connectivity index (χ3v) is 5.56. The smallest absolute Gasteiger partial charge is 0.277 e. The molecule has 0 atom stereocenters. The third kappa shape index (κ3) is 5.37. The molecule has 0 saturated carbocycles. The number of hydrogen-bond acceptors (Lipinski definition) is 9. The number of rotatable bonds is 10. The average molecular weight is 470 g/mol. The molecule has 33 heavy (non-hydrogen) atoms. The molecule has 0 radical (unpaired) electrons. The van der Waals surface area contributed by atoms with E-state index in [1.807, 2.05) is 24.3 Å². The predicted octanol–water partition coefficient (Wildman–Crippen LogP) is 3.49. The zero-order chi connectivity index (χ0) is 23.2. The van der Waals surface area contributed by atoms with Gasteiger partial charge in [0.05, 0.1) is 38.1 Å². The highest BCUT2D eigenvalue weighted by molar-refractivity contribution is 7.99. The number of hydrogen-bond donors (Lipinski definition) is 2. The maximum atomic E-state index is 12.4. The van der Waals surface area contributed by atoms with Crippen LogP contribution >= 0.6 is 11.8 Å². The van der Waals surface area contributed by atoms with E-state index >= 15 is 0 Å². The minimum Gasteiger partial charge on any atom is -0.493 e. The molecule has 0 spiro atoms. The quantitative estimate of drug-likeness (QED) is 0.336. The van der Waals surface area contributed by atoms with Crippen LogP contribution in [0.3, 0.4) is 0 Å². The first-order valence-electron chi connectivity index (χ1n) is 10.1. The van der Waals surface area contributed by atoms with Crippen LogP contribution in [-0.2, 0) is 17.6 Å². The van der Waals surface area contributed by atoms with Crippen molar-refractivity contribution in [2.45, 2.75) is 18.1 Å². The second-order valence-electron chi connectivity index (χ2n) is 6.91. The van der Waals surface area contributed by atoms with Crippen molar-refractivity contribution < 1.29 is 23.4 Å². The molecule has 0 fully saturated rings. The lowest BCUT2D eigenvalue weighted by atomic mass is 10.2. The number of ether oxygens (including phenoxy) is 3. The van der Waals surface area contributed by atoms with Crippen LogP contribution in [0.25, 0.3) is 11.0 Å². The van der Waals surface area contributed by atoms with Crippen LogP contribution in [0.4, 0.5) is 5.69 Å². The van der Waals surface area contributed by atoms with Crippen LogP contribution in [0.5, 0.6) is 17.2 Å². The van der Waals surface area contributed by atoms with Gasteiger partial charge >= 0.3 is 0 Å². The van der Waals surface area contributed by atoms with Gasteiger partial charge < -0.3 is 28.9 Å². The fourth-order valence-electron chi connectivity index (χ4n) is 3.22. The molecule has 0 aliphatic heterocycles. The number of aromatic nitrogens is 4. The van der Waals surface area contributed by atoms with Gasteiger partial charge in [0.15, 0.2) is 11.5 Å². The number of carbonyl (C=O) groups excluding carboxylic acids is 1. The first-order valence-corrected chi connectivity index (χ1v) is 11.1. The Hall–Kier alpha value is -3.73. The second-order valence-corrected chi connectivity index (χ2v) is 7.84. The summed E-state index contributed by atoms with van der Waals surface area (Å²) in [4.78, 5) is 20.2. The highest BCUT2D eigenvalue weighted by atomic mass is 32.2. The standard InChI is InChI=1S/C22H23N5O5S/c1-29-16-10-13(11-17(30-2)21(16)31-3)23-19(28)12-33-22-27-26-20(32-22)9-8-18-24-14-6-4-5-7-15(14)25-18/h4-7,10-11H,8-9,12H2,1-3H3,(H,23,28)(H,24,25). The average Bonchev–Trinajstić information content (AvgIpc) is 3.47. The van der Waals surface area contributed by atoms with Gasteiger partial charge in [0.25, 0.3) is 5.22 Å². The van der Waals surface area contributed by atoms with Gasteiger partial charge in [-0.1, -0.05) is 23.9 Å². The van der Waals surface area contributed by atoms with E-state index in [-0.39, 0.29) is 11.7 Å². The third-order valence-electron chi connectivity index (χ3n) is 4.74. The van der Waals surface area contributed by atoms with E-state index in [2.05, 4.69) is 25.5 Å². The van der Waals surface area contributed by atoms with Gasteiger partial charge in [-0.2, -0.15) is 0 Å². The molecule has 0 unspecified atom stereocenters. The Balaban J connectivity index is 1.30. The van der Waals surface area contributed by atoms with Crippen molar-refractivity contribution >= 4 is 34.4 Å². The molecule has 2 heterocycles. The number of amides is 1. The molecular weight excluding hydrogens is 446 g/mol. The van der Waals surface area contributed by atoms with Gasteiger partial charge in [0, 0.05) is 30.7 Å². The van der Waals surface area contributed by atoms with E-state index in [1.165, 1.54) is 21.3 Å². The van der Waals surface area contributed by atoms with Gasteiger partial charge in [-0.05, 0) is 12.1 Å². The topological polar surface area (TPSA) is 124 Å². The Morgan fingerprint density at radius 3 is 2.52 bits per heavy atom. The van der Waals surface area contributed by atoms with Gasteiger partial charge in [0.1, 0.15) is 5.82 Å². The van der Waals surface area contributed by atoms with Gasteiger partial charge in [0.2, 0.25) is 17.5 Å². The number of benzene rings is 2. The number of aryl methyl sites for hydroxylation is 2. The Kier molecular flexibility index (Phi) is 6.98. The SMILES string of the molecule is COc1cc(NC(=O)CSc2nnc(CCc3nc4ccccc4[nH]3)o2)cc(OC)c1OC. The Labute approximate surface area is 194 Å². The lowest BCUT2D eigenvalue weighted by molar-refractivity contribution is -0.113. The summed E-state index contributed by atoms with van der Waals surface area (Å²) in [5, 5.41) is 11.2. The molecule has 0 bridgehead atoms. The number of methoxy groups -OCH3 is 3. The highest BCUT2D eigenvalue weighted by Crippen LogP contribution is 2.40. The summed E-state index contributed by atoms with van der Waals surface area (Å²) in [6.07, 6.45) is 1.19. The van der Waals surface area contributed by atoms with E-state index in [9.17, 15) is 4.79 Å². The van der Waals surface area contributed by atoms with Crippen molar-refractivity contribution in [3.63, 3.8) is 0 Å². The number of thioether (sulfide) groups is 1. The van der Waals surface area contributed by atoms with Crippen LogP contribution in [0, 0.1) is 0 Å². The molecule has 4 aromatic rings. The number of H-pyrrole nitrogens is 1. The Morgan fingerprint density at radius 1 is 1.06 bits per heavy atom. The van der Waals surface area contributed by atoms with E-state index < -0.39 is 0 Å². The lowest BCUT2D eigenvalue weighted by Crippen LogP contribution is -2.14. The summed E-state index contributed by atoms with van der Waals surface area (Å²) in [5.41, 5.74) is 2.44. The number of fused-ring (bicyclic) bond motifs is 1. The molecule has 1 amide bonds. The fourth-order valence-corrected chi connectivity index (χ4v) is 3.80. The minimum atomic E-state index is -0.240. The molecular formula is C22H23N5O5S. The minimum absolute atomic E-state index is 0.0991. The zero-order valence-corrected chi connectivity index (χ0v) is 19.2. The highest BCUT2D eigenvalue weighted by Gasteiger charge is 2.16. The van der Waals surface area contributed by atoms with Crippen LogP contribution in [0.2, 0.25) is 0 Å². The van der Waals surface area contributed by atoms with Crippen molar-refractivity contribution in [2.24, 2.45) is 0 Å². The monoisotopic (exact) mass is 469 g/mol. The van der Waals surface area contributed by atoms with E-state index in [1.54, 1.807) is 12.1 Å². The first kappa shape index (κ1) is 22.5. The van der Waals surface area contributed by atoms with Crippen molar-refractivity contribution in [3.05, 3.63) is 48.1 Å². The number of nitrogens with one attached hydrogen (secondary N) is 2. The van der Waals surface area contributed by atoms with Crippen LogP contribution in [-0.4, -0.2) is 53.2 Å². The zero-order valence-electron chi connectivity index (χ0n) is 18.4. The van der Waals surface area contributed by atoms with Crippen LogP contribution in [0.15, 0.2) is 46.0 Å². The second kappa shape index (κ2) is 10.3. The number of imidazole rings is 1. The number of para-hydroxylation sites is 2. The molecule has 10 nitrogen and oxygen atoms in total. The maximum Gasteiger partial charge on any atom is 0.277 e. The predicted molar refractivity (Wildman–Crippen MR) is 123 cm³/mol. The van der Waals surface area contributed by atoms with E-state index in [4.69, 9.17) is 18.6 Å². The number of anilines is 1. The summed E-state index contributed by atoms with van der Waals surface area (Å²) in [7, 11) is 4.55. The molecule has 0 saturated heterocycles. The van der Waals surface area contributed by atoms with Gasteiger partial charge in [-0.3, -0.25) is 4.79 Å². The summed E-state index contributed by atoms with van der Waals surface area (Å²) in [6, 6.07) is 11.2. The summed E-state index contributed by atoms with van der Waals surface area (Å²) >= 11 is 1.16. The number of carbonyl (C=O) groups is 1. The molecule has 172 valence electrons. The lowest BCUT2D eigenvalue weighted by Gasteiger charge is -2.14. The first-order chi connectivity index (χ1) is 16.1. The van der Waals surface area contributed by atoms with E-state index in [0.717, 1.165) is 28.6 Å². The van der Waals surface area contributed by atoms with Crippen molar-refractivity contribution in [3.8, 4) is 17.2 Å². The van der Waals surface area contributed by atoms with Crippen LogP contribution in [0.1, 0.15) is 11.7 Å². The van der Waals surface area contributed by atoms with Gasteiger partial charge in [-0.25, -0.2) is 4.98 Å². The molecule has 2 aromatic carbocycles. The summed E-state index contributed by atoms with van der Waals surface area (Å²) in [5.74, 6) is 2.56. The largest absolute Gasteiger partial charge is 0.493 e. The molecule has 0 aliphatic rings. The number of aromatic amines is 1. The molecule has 4 rings (SSSR count). The fraction of sp³-hybridized carbons (Fsp3) is 0.273. The van der Waals surface area contributed by atoms with Crippen molar-refractivity contribution in [1.29, 1.82) is 0 Å². The molecule has 11 heteroatoms. The summed E-state index contributed by atoms with van der Waals surface area (Å²) < 4.78 is 21.5. The molecule has 2 aromatic heterocycles. The molecule has 2 N–H and O–H groups in total. The van der Waals surface area contributed by atoms with Crippen molar-refractivity contribution in [1.82, 2.24) is 20.2 Å². The van der Waals surface area contributed by atoms with Crippen LogP contribution < -0.4 is 19.5 Å². The maximum absolute atomic E-state index is 12.4. The molecule has 0 aliphatic carbocycles. The Bertz CT molecular complexity index is 1200. The summed E-state index contributed by atoms with van der Waals surface area (Å²) in [6.45, 7) is 0. The normalized spacial score (nSPS) is 10.9. The van der Waals surface area contributed by atoms with Crippen molar-refractivity contribution in [2.75, 3.05) is 32.4 Å².